The highest BCUT2D eigenvalue weighted by Gasteiger charge is 2.45. The van der Waals surface area contributed by atoms with Crippen LogP contribution in [0.2, 0.25) is 0 Å². The average molecular weight is 257 g/mol. The standard InChI is InChI=1S/C13H27N3O2/c1-12(2)7-10(8-13(3,4)16(12)18)14-11(17)9-15(5)6/h10,18H,7-9H2,1-6H3,(H,14,17). The van der Waals surface area contributed by atoms with Gasteiger partial charge in [0.15, 0.2) is 0 Å². The number of carbonyl (C=O) groups is 1. The maximum Gasteiger partial charge on any atom is 0.234 e. The van der Waals surface area contributed by atoms with Gasteiger partial charge in [0.25, 0.3) is 0 Å². The molecule has 0 aromatic rings. The van der Waals surface area contributed by atoms with Gasteiger partial charge in [0, 0.05) is 17.1 Å². The number of nitrogens with zero attached hydrogens (tertiary/aromatic N) is 2. The van der Waals surface area contributed by atoms with Gasteiger partial charge >= 0.3 is 0 Å². The summed E-state index contributed by atoms with van der Waals surface area (Å²) >= 11 is 0. The summed E-state index contributed by atoms with van der Waals surface area (Å²) in [6.45, 7) is 8.40. The van der Waals surface area contributed by atoms with Crippen LogP contribution in [-0.4, -0.2) is 58.8 Å². The summed E-state index contributed by atoms with van der Waals surface area (Å²) in [6.07, 6.45) is 1.51. The van der Waals surface area contributed by atoms with Crippen LogP contribution in [0.15, 0.2) is 0 Å². The van der Waals surface area contributed by atoms with Crippen molar-refractivity contribution in [1.29, 1.82) is 0 Å². The lowest BCUT2D eigenvalue weighted by molar-refractivity contribution is -0.246. The van der Waals surface area contributed by atoms with Crippen LogP contribution in [-0.2, 0) is 4.79 Å². The quantitative estimate of drug-likeness (QED) is 0.794. The zero-order chi connectivity index (χ0) is 14.1. The van der Waals surface area contributed by atoms with E-state index in [0.717, 1.165) is 12.8 Å². The first-order chi connectivity index (χ1) is 8.04. The second kappa shape index (κ2) is 5.15. The van der Waals surface area contributed by atoms with E-state index in [9.17, 15) is 10.0 Å². The number of piperidine rings is 1. The van der Waals surface area contributed by atoms with Gasteiger partial charge in [0.1, 0.15) is 0 Å². The van der Waals surface area contributed by atoms with Gasteiger partial charge < -0.3 is 15.4 Å². The molecule has 5 heteroatoms. The molecule has 1 saturated heterocycles. The third-order valence-electron chi connectivity index (χ3n) is 3.46. The van der Waals surface area contributed by atoms with Crippen LogP contribution >= 0.6 is 0 Å². The molecule has 5 nitrogen and oxygen atoms in total. The van der Waals surface area contributed by atoms with Crippen LogP contribution in [0.1, 0.15) is 40.5 Å². The molecule has 106 valence electrons. The van der Waals surface area contributed by atoms with E-state index >= 15 is 0 Å². The van der Waals surface area contributed by atoms with Crippen molar-refractivity contribution >= 4 is 5.91 Å². The van der Waals surface area contributed by atoms with Crippen molar-refractivity contribution in [3.8, 4) is 0 Å². The van der Waals surface area contributed by atoms with E-state index in [1.165, 1.54) is 5.06 Å². The highest BCUT2D eigenvalue weighted by Crippen LogP contribution is 2.36. The fourth-order valence-corrected chi connectivity index (χ4v) is 2.93. The number of carbonyl (C=O) groups excluding carboxylic acids is 1. The van der Waals surface area contributed by atoms with Gasteiger partial charge in [0.05, 0.1) is 6.54 Å². The molecule has 1 aliphatic rings. The summed E-state index contributed by atoms with van der Waals surface area (Å²) in [5, 5.41) is 14.7. The van der Waals surface area contributed by atoms with Crippen molar-refractivity contribution in [2.45, 2.75) is 57.7 Å². The van der Waals surface area contributed by atoms with Crippen LogP contribution in [0, 0.1) is 0 Å². The number of hydroxylamine groups is 2. The maximum atomic E-state index is 11.8. The van der Waals surface area contributed by atoms with E-state index in [2.05, 4.69) is 5.32 Å². The third kappa shape index (κ3) is 3.67. The summed E-state index contributed by atoms with van der Waals surface area (Å²) < 4.78 is 0. The molecule has 2 N–H and O–H groups in total. The summed E-state index contributed by atoms with van der Waals surface area (Å²) in [6, 6.07) is 0.117. The second-order valence-electron chi connectivity index (χ2n) is 6.85. The fourth-order valence-electron chi connectivity index (χ4n) is 2.93. The molecule has 0 saturated carbocycles. The lowest BCUT2D eigenvalue weighted by Crippen LogP contribution is -2.63. The first-order valence-electron chi connectivity index (χ1n) is 6.48. The maximum absolute atomic E-state index is 11.8. The number of hydrogen-bond acceptors (Lipinski definition) is 4. The number of nitrogens with one attached hydrogen (secondary N) is 1. The largest absolute Gasteiger partial charge is 0.352 e. The summed E-state index contributed by atoms with van der Waals surface area (Å²) in [7, 11) is 3.76. The molecule has 0 radical (unpaired) electrons. The number of rotatable bonds is 3. The molecule has 0 aromatic heterocycles. The molecule has 1 heterocycles. The SMILES string of the molecule is CN(C)CC(=O)NC1CC(C)(C)N(O)C(C)(C)C1. The summed E-state index contributed by atoms with van der Waals surface area (Å²) in [4.78, 5) is 13.7. The summed E-state index contributed by atoms with van der Waals surface area (Å²) in [5.74, 6) is 0.0444. The molecule has 1 amide bonds. The van der Waals surface area contributed by atoms with Gasteiger partial charge in [0.2, 0.25) is 5.91 Å². The Balaban J connectivity index is 2.67. The average Bonchev–Trinajstić information content (AvgIpc) is 2.11. The van der Waals surface area contributed by atoms with E-state index in [1.807, 2.05) is 46.7 Å². The molecule has 0 unspecified atom stereocenters. The minimum Gasteiger partial charge on any atom is -0.352 e. The smallest absolute Gasteiger partial charge is 0.234 e. The highest BCUT2D eigenvalue weighted by atomic mass is 16.5. The van der Waals surface area contributed by atoms with E-state index in [1.54, 1.807) is 0 Å². The lowest BCUT2D eigenvalue weighted by Gasteiger charge is -2.51. The number of likely N-dealkylation sites (N-methyl/N-ethyl adjacent to an activating group) is 1. The Labute approximate surface area is 110 Å². The van der Waals surface area contributed by atoms with Crippen molar-refractivity contribution in [2.24, 2.45) is 0 Å². The van der Waals surface area contributed by atoms with E-state index in [-0.39, 0.29) is 23.0 Å². The molecule has 1 fully saturated rings. The molecular formula is C13H27N3O2. The Morgan fingerprint density at radius 1 is 1.28 bits per heavy atom. The zero-order valence-electron chi connectivity index (χ0n) is 12.4. The molecule has 0 atom stereocenters. The van der Waals surface area contributed by atoms with Crippen LogP contribution in [0.3, 0.4) is 0 Å². The minimum atomic E-state index is -0.322. The molecule has 0 bridgehead atoms. The number of amides is 1. The van der Waals surface area contributed by atoms with E-state index in [0.29, 0.717) is 6.54 Å². The van der Waals surface area contributed by atoms with E-state index in [4.69, 9.17) is 0 Å². The fraction of sp³-hybridized carbons (Fsp3) is 0.923. The summed E-state index contributed by atoms with van der Waals surface area (Å²) in [5.41, 5.74) is -0.643. The molecule has 0 aliphatic carbocycles. The Morgan fingerprint density at radius 2 is 1.72 bits per heavy atom. The lowest BCUT2D eigenvalue weighted by atomic mass is 9.79. The van der Waals surface area contributed by atoms with Crippen LogP contribution in [0.5, 0.6) is 0 Å². The minimum absolute atomic E-state index is 0.0444. The van der Waals surface area contributed by atoms with Crippen molar-refractivity contribution in [3.63, 3.8) is 0 Å². The normalized spacial score (nSPS) is 24.2. The number of hydrogen-bond donors (Lipinski definition) is 2. The van der Waals surface area contributed by atoms with Crippen LogP contribution < -0.4 is 5.32 Å². The third-order valence-corrected chi connectivity index (χ3v) is 3.46. The van der Waals surface area contributed by atoms with Crippen molar-refractivity contribution < 1.29 is 10.0 Å². The molecule has 1 rings (SSSR count). The van der Waals surface area contributed by atoms with Gasteiger partial charge in [-0.05, 0) is 54.6 Å². The van der Waals surface area contributed by atoms with Crippen LogP contribution in [0.25, 0.3) is 0 Å². The molecular weight excluding hydrogens is 230 g/mol. The van der Waals surface area contributed by atoms with Crippen molar-refractivity contribution in [1.82, 2.24) is 15.3 Å². The predicted molar refractivity (Wildman–Crippen MR) is 71.5 cm³/mol. The zero-order valence-corrected chi connectivity index (χ0v) is 12.4. The van der Waals surface area contributed by atoms with E-state index < -0.39 is 0 Å². The van der Waals surface area contributed by atoms with Crippen LogP contribution in [0.4, 0.5) is 0 Å². The van der Waals surface area contributed by atoms with Crippen molar-refractivity contribution in [2.75, 3.05) is 20.6 Å². The highest BCUT2D eigenvalue weighted by molar-refractivity contribution is 5.78. The first-order valence-corrected chi connectivity index (χ1v) is 6.48. The van der Waals surface area contributed by atoms with Gasteiger partial charge in [-0.25, -0.2) is 0 Å². The monoisotopic (exact) mass is 257 g/mol. The van der Waals surface area contributed by atoms with Gasteiger partial charge in [-0.2, -0.15) is 5.06 Å². The van der Waals surface area contributed by atoms with Crippen molar-refractivity contribution in [3.05, 3.63) is 0 Å². The molecule has 0 aromatic carbocycles. The molecule has 1 aliphatic heterocycles. The second-order valence-corrected chi connectivity index (χ2v) is 6.85. The predicted octanol–water partition coefficient (Wildman–Crippen LogP) is 1.08. The first kappa shape index (κ1) is 15.4. The Morgan fingerprint density at radius 3 is 2.11 bits per heavy atom. The topological polar surface area (TPSA) is 55.8 Å². The van der Waals surface area contributed by atoms with Gasteiger partial charge in [-0.3, -0.25) is 4.79 Å². The van der Waals surface area contributed by atoms with Gasteiger partial charge in [-0.15, -0.1) is 0 Å². The van der Waals surface area contributed by atoms with Gasteiger partial charge in [-0.1, -0.05) is 0 Å². The Bertz CT molecular complexity index is 295. The Hall–Kier alpha value is -0.650. The Kier molecular flexibility index (Phi) is 4.41. The molecule has 0 spiro atoms. The molecule has 18 heavy (non-hydrogen) atoms.